The summed E-state index contributed by atoms with van der Waals surface area (Å²) in [6.07, 6.45) is 2.50. The molecule has 1 aliphatic heterocycles. The van der Waals surface area contributed by atoms with Crippen LogP contribution in [-0.4, -0.2) is 37.5 Å². The second-order valence-electron chi connectivity index (χ2n) is 4.91. The fourth-order valence-corrected chi connectivity index (χ4v) is 5.77. The van der Waals surface area contributed by atoms with Gasteiger partial charge in [-0.25, -0.2) is 8.42 Å². The van der Waals surface area contributed by atoms with E-state index in [9.17, 15) is 8.42 Å². The van der Waals surface area contributed by atoms with E-state index in [-0.39, 0.29) is 12.5 Å². The first-order chi connectivity index (χ1) is 8.95. The highest BCUT2D eigenvalue weighted by Crippen LogP contribution is 2.33. The molecule has 0 spiro atoms. The number of halogens is 1. The number of sulfonamides is 1. The molecule has 0 bridgehead atoms. The lowest BCUT2D eigenvalue weighted by Gasteiger charge is -2.31. The minimum atomic E-state index is -3.43. The SMILES string of the molecule is Cc1cc(S(=O)(=O)N2CCCC(CCO)C2)sc1Cl. The third-order valence-corrected chi connectivity index (χ3v) is 7.32. The first-order valence-electron chi connectivity index (χ1n) is 6.32. The molecule has 7 heteroatoms. The Morgan fingerprint density at radius 1 is 1.58 bits per heavy atom. The van der Waals surface area contributed by atoms with E-state index in [1.165, 1.54) is 4.31 Å². The summed E-state index contributed by atoms with van der Waals surface area (Å²) in [6.45, 7) is 2.97. The number of hydrogen-bond acceptors (Lipinski definition) is 4. The first-order valence-corrected chi connectivity index (χ1v) is 8.95. The molecule has 1 atom stereocenters. The van der Waals surface area contributed by atoms with Gasteiger partial charge in [-0.05, 0) is 43.7 Å². The van der Waals surface area contributed by atoms with Crippen molar-refractivity contribution in [3.63, 3.8) is 0 Å². The van der Waals surface area contributed by atoms with Gasteiger partial charge in [0.05, 0.1) is 4.34 Å². The van der Waals surface area contributed by atoms with Gasteiger partial charge in [0, 0.05) is 19.7 Å². The summed E-state index contributed by atoms with van der Waals surface area (Å²) in [6, 6.07) is 1.64. The average Bonchev–Trinajstić information content (AvgIpc) is 2.71. The Kier molecular flexibility index (Phi) is 4.89. The molecule has 0 radical (unpaired) electrons. The highest BCUT2D eigenvalue weighted by Gasteiger charge is 2.31. The summed E-state index contributed by atoms with van der Waals surface area (Å²) in [4.78, 5) is 0. The summed E-state index contributed by atoms with van der Waals surface area (Å²) < 4.78 is 27.4. The summed E-state index contributed by atoms with van der Waals surface area (Å²) in [5.74, 6) is 0.255. The molecule has 0 amide bonds. The van der Waals surface area contributed by atoms with E-state index in [4.69, 9.17) is 16.7 Å². The van der Waals surface area contributed by atoms with Crippen LogP contribution in [0, 0.1) is 12.8 Å². The monoisotopic (exact) mass is 323 g/mol. The Hall–Kier alpha value is -0.140. The Morgan fingerprint density at radius 3 is 2.89 bits per heavy atom. The molecule has 1 aliphatic rings. The van der Waals surface area contributed by atoms with Gasteiger partial charge in [-0.3, -0.25) is 0 Å². The van der Waals surface area contributed by atoms with E-state index >= 15 is 0 Å². The van der Waals surface area contributed by atoms with E-state index in [1.807, 2.05) is 6.92 Å². The molecule has 1 N–H and O–H groups in total. The van der Waals surface area contributed by atoms with Gasteiger partial charge in [0.2, 0.25) is 0 Å². The van der Waals surface area contributed by atoms with E-state index in [2.05, 4.69) is 0 Å². The van der Waals surface area contributed by atoms with Gasteiger partial charge >= 0.3 is 0 Å². The number of hydrogen-bond donors (Lipinski definition) is 1. The zero-order valence-electron chi connectivity index (χ0n) is 10.8. The van der Waals surface area contributed by atoms with Crippen LogP contribution >= 0.6 is 22.9 Å². The Morgan fingerprint density at radius 2 is 2.32 bits per heavy atom. The highest BCUT2D eigenvalue weighted by molar-refractivity contribution is 7.91. The molecule has 1 aromatic rings. The van der Waals surface area contributed by atoms with Crippen molar-refractivity contribution in [1.29, 1.82) is 0 Å². The molecular formula is C12H18ClNO3S2. The third-order valence-electron chi connectivity index (χ3n) is 3.45. The number of rotatable bonds is 4. The predicted octanol–water partition coefficient (Wildman–Crippen LogP) is 2.49. The molecule has 2 heterocycles. The molecule has 1 fully saturated rings. The van der Waals surface area contributed by atoms with Gasteiger partial charge in [-0.15, -0.1) is 11.3 Å². The van der Waals surface area contributed by atoms with Gasteiger partial charge in [-0.1, -0.05) is 11.6 Å². The zero-order valence-corrected chi connectivity index (χ0v) is 13.2. The molecule has 108 valence electrons. The van der Waals surface area contributed by atoms with Crippen molar-refractivity contribution in [3.05, 3.63) is 16.0 Å². The van der Waals surface area contributed by atoms with Crippen LogP contribution in [0.3, 0.4) is 0 Å². The standard InChI is InChI=1S/C12H18ClNO3S2/c1-9-7-11(18-12(9)13)19(16,17)14-5-2-3-10(8-14)4-6-15/h7,10,15H,2-6,8H2,1H3. The smallest absolute Gasteiger partial charge is 0.252 e. The fourth-order valence-electron chi connectivity index (χ4n) is 2.35. The fraction of sp³-hybridized carbons (Fsp3) is 0.667. The molecule has 2 rings (SSSR count). The lowest BCUT2D eigenvalue weighted by atomic mass is 9.97. The van der Waals surface area contributed by atoms with Crippen molar-refractivity contribution in [2.75, 3.05) is 19.7 Å². The molecule has 4 nitrogen and oxygen atoms in total. The first kappa shape index (κ1) is 15.3. The minimum absolute atomic E-state index is 0.114. The van der Waals surface area contributed by atoms with Gasteiger partial charge in [0.25, 0.3) is 10.0 Å². The van der Waals surface area contributed by atoms with Gasteiger partial charge < -0.3 is 5.11 Å². The van der Waals surface area contributed by atoms with Crippen LogP contribution in [-0.2, 0) is 10.0 Å². The molecule has 0 saturated carbocycles. The van der Waals surface area contributed by atoms with Crippen molar-refractivity contribution in [2.24, 2.45) is 5.92 Å². The lowest BCUT2D eigenvalue weighted by molar-refractivity contribution is 0.203. The van der Waals surface area contributed by atoms with Crippen LogP contribution < -0.4 is 0 Å². The van der Waals surface area contributed by atoms with Gasteiger partial charge in [0.15, 0.2) is 0 Å². The van der Waals surface area contributed by atoms with E-state index in [1.54, 1.807) is 6.07 Å². The van der Waals surface area contributed by atoms with Crippen LogP contribution in [0.5, 0.6) is 0 Å². The molecule has 0 aromatic carbocycles. The van der Waals surface area contributed by atoms with Crippen molar-refractivity contribution in [2.45, 2.75) is 30.4 Å². The second kappa shape index (κ2) is 6.10. The lowest BCUT2D eigenvalue weighted by Crippen LogP contribution is -2.39. The summed E-state index contributed by atoms with van der Waals surface area (Å²) in [5.41, 5.74) is 0.800. The van der Waals surface area contributed by atoms with E-state index < -0.39 is 10.0 Å². The highest BCUT2D eigenvalue weighted by atomic mass is 35.5. The van der Waals surface area contributed by atoms with Crippen LogP contribution in [0.2, 0.25) is 4.34 Å². The molecular weight excluding hydrogens is 306 g/mol. The van der Waals surface area contributed by atoms with Gasteiger partial charge in [-0.2, -0.15) is 4.31 Å². The molecule has 1 unspecified atom stereocenters. The van der Waals surface area contributed by atoms with Crippen molar-refractivity contribution >= 4 is 33.0 Å². The third kappa shape index (κ3) is 3.31. The van der Waals surface area contributed by atoms with Crippen LogP contribution in [0.1, 0.15) is 24.8 Å². The zero-order chi connectivity index (χ0) is 14.0. The maximum atomic E-state index is 12.5. The number of thiophene rings is 1. The molecule has 19 heavy (non-hydrogen) atoms. The number of aliphatic hydroxyl groups is 1. The van der Waals surface area contributed by atoms with Crippen molar-refractivity contribution in [3.8, 4) is 0 Å². The molecule has 1 saturated heterocycles. The minimum Gasteiger partial charge on any atom is -0.396 e. The Balaban J connectivity index is 2.19. The van der Waals surface area contributed by atoms with Crippen molar-refractivity contribution < 1.29 is 13.5 Å². The van der Waals surface area contributed by atoms with Crippen molar-refractivity contribution in [1.82, 2.24) is 4.31 Å². The number of piperidine rings is 1. The number of aliphatic hydroxyl groups excluding tert-OH is 1. The topological polar surface area (TPSA) is 57.6 Å². The maximum absolute atomic E-state index is 12.5. The van der Waals surface area contributed by atoms with E-state index in [0.717, 1.165) is 29.7 Å². The summed E-state index contributed by atoms with van der Waals surface area (Å²) in [7, 11) is -3.43. The number of aryl methyl sites for hydroxylation is 1. The summed E-state index contributed by atoms with van der Waals surface area (Å²) >= 11 is 7.07. The quantitative estimate of drug-likeness (QED) is 0.926. The summed E-state index contributed by atoms with van der Waals surface area (Å²) in [5, 5.41) is 8.98. The average molecular weight is 324 g/mol. The van der Waals surface area contributed by atoms with E-state index in [0.29, 0.717) is 28.1 Å². The normalized spacial score (nSPS) is 21.7. The molecule has 1 aromatic heterocycles. The molecule has 0 aliphatic carbocycles. The maximum Gasteiger partial charge on any atom is 0.252 e. The predicted molar refractivity (Wildman–Crippen MR) is 77.3 cm³/mol. The largest absolute Gasteiger partial charge is 0.396 e. The Bertz CT molecular complexity index is 520. The van der Waals surface area contributed by atoms with Gasteiger partial charge in [0.1, 0.15) is 4.21 Å². The second-order valence-corrected chi connectivity index (χ2v) is 8.72. The van der Waals surface area contributed by atoms with Crippen LogP contribution in [0.15, 0.2) is 10.3 Å². The number of nitrogens with zero attached hydrogens (tertiary/aromatic N) is 1. The Labute approximate surface area is 123 Å². The van der Waals surface area contributed by atoms with Crippen LogP contribution in [0.25, 0.3) is 0 Å². The van der Waals surface area contributed by atoms with Crippen LogP contribution in [0.4, 0.5) is 0 Å².